The second-order valence-corrected chi connectivity index (χ2v) is 1.76. The van der Waals surface area contributed by atoms with Gasteiger partial charge in [-0.1, -0.05) is 18.7 Å². The molecule has 7 heavy (non-hydrogen) atoms. The first kappa shape index (κ1) is 6.57. The van der Waals surface area contributed by atoms with E-state index >= 15 is 0 Å². The van der Waals surface area contributed by atoms with Gasteiger partial charge in [-0.05, 0) is 25.3 Å². The summed E-state index contributed by atoms with van der Waals surface area (Å²) < 4.78 is 0. The van der Waals surface area contributed by atoms with Gasteiger partial charge >= 0.3 is 0 Å². The van der Waals surface area contributed by atoms with Crippen LogP contribution in [0.25, 0.3) is 0 Å². The largest absolute Gasteiger partial charge is 0.143 e. The lowest BCUT2D eigenvalue weighted by Crippen LogP contribution is -1.57. The summed E-state index contributed by atoms with van der Waals surface area (Å²) in [6.07, 6.45) is 5.34. The van der Waals surface area contributed by atoms with Gasteiger partial charge in [0.05, 0.1) is 0 Å². The molecule has 0 spiro atoms. The topological polar surface area (TPSA) is 0 Å². The van der Waals surface area contributed by atoms with Crippen LogP contribution in [0, 0.1) is 0 Å². The Kier molecular flexibility index (Phi) is 3.52. The number of hydrogen-bond acceptors (Lipinski definition) is 0. The standard InChI is InChI=1S/C6H8S/c1-3-4-5-6(2)7/h3-5,7H,1-2H2/p+1/b5-4-. The molecular weight excluding hydrogens is 104 g/mol. The van der Waals surface area contributed by atoms with Gasteiger partial charge in [-0.15, -0.1) is 0 Å². The van der Waals surface area contributed by atoms with E-state index in [1.165, 1.54) is 0 Å². The molecule has 0 saturated carbocycles. The molecule has 0 nitrogen and oxygen atoms in total. The summed E-state index contributed by atoms with van der Waals surface area (Å²) in [6, 6.07) is 0. The molecule has 0 amide bonds. The molecule has 1 heteroatoms. The van der Waals surface area contributed by atoms with E-state index in [1.807, 2.05) is 12.2 Å². The Morgan fingerprint density at radius 2 is 2.14 bits per heavy atom. The van der Waals surface area contributed by atoms with E-state index in [0.29, 0.717) is 0 Å². The number of rotatable bonds is 2. The molecule has 0 aliphatic heterocycles. The first-order chi connectivity index (χ1) is 3.27. The van der Waals surface area contributed by atoms with Gasteiger partial charge in [0.2, 0.25) is 0 Å². The van der Waals surface area contributed by atoms with E-state index in [-0.39, 0.29) is 0 Å². The van der Waals surface area contributed by atoms with Crippen LogP contribution in [0.2, 0.25) is 0 Å². The molecule has 0 rings (SSSR count). The zero-order chi connectivity index (χ0) is 5.70. The molecule has 0 atom stereocenters. The van der Waals surface area contributed by atoms with Crippen molar-refractivity contribution in [3.8, 4) is 0 Å². The zero-order valence-electron chi connectivity index (χ0n) is 4.15. The maximum atomic E-state index is 3.57. The third-order valence-corrected chi connectivity index (χ3v) is 0.600. The van der Waals surface area contributed by atoms with Crippen molar-refractivity contribution in [2.45, 2.75) is 0 Å². The van der Waals surface area contributed by atoms with Crippen LogP contribution in [0.1, 0.15) is 0 Å². The minimum Gasteiger partial charge on any atom is -0.0991 e. The molecule has 38 valence electrons. The first-order valence-corrected chi connectivity index (χ1v) is 2.47. The van der Waals surface area contributed by atoms with Gasteiger partial charge in [0.1, 0.15) is 4.91 Å². The third kappa shape index (κ3) is 5.57. The Hall–Kier alpha value is -0.430. The summed E-state index contributed by atoms with van der Waals surface area (Å²) in [7, 11) is 0. The predicted octanol–water partition coefficient (Wildman–Crippen LogP) is 1.25. The van der Waals surface area contributed by atoms with Crippen molar-refractivity contribution in [1.82, 2.24) is 0 Å². The van der Waals surface area contributed by atoms with E-state index in [0.717, 1.165) is 4.91 Å². The molecule has 0 saturated heterocycles. The van der Waals surface area contributed by atoms with Gasteiger partial charge in [0.25, 0.3) is 0 Å². The van der Waals surface area contributed by atoms with Crippen molar-refractivity contribution in [3.05, 3.63) is 36.3 Å². The Morgan fingerprint density at radius 3 is 2.29 bits per heavy atom. The van der Waals surface area contributed by atoms with Gasteiger partial charge < -0.3 is 0 Å². The molecule has 0 radical (unpaired) electrons. The van der Waals surface area contributed by atoms with Crippen LogP contribution in [0.3, 0.4) is 0 Å². The normalized spacial score (nSPS) is 9.29. The minimum absolute atomic E-state index is 0.861. The summed E-state index contributed by atoms with van der Waals surface area (Å²) in [5, 5.41) is 0. The smallest absolute Gasteiger partial charge is 0.0991 e. The van der Waals surface area contributed by atoms with Crippen molar-refractivity contribution in [1.29, 1.82) is 0 Å². The lowest BCUT2D eigenvalue weighted by Gasteiger charge is -1.68. The quantitative estimate of drug-likeness (QED) is 0.373. The fourth-order valence-corrected chi connectivity index (χ4v) is 0.280. The lowest BCUT2D eigenvalue weighted by molar-refractivity contribution is 1.94. The summed E-state index contributed by atoms with van der Waals surface area (Å²) in [6.45, 7) is 7.05. The van der Waals surface area contributed by atoms with Crippen LogP contribution >= 0.6 is 0 Å². The summed E-state index contributed by atoms with van der Waals surface area (Å²) >= 11 is 3.19. The summed E-state index contributed by atoms with van der Waals surface area (Å²) in [4.78, 5) is 0.861. The van der Waals surface area contributed by atoms with E-state index in [2.05, 4.69) is 25.8 Å². The fraction of sp³-hybridized carbons (Fsp3) is 0. The predicted molar refractivity (Wildman–Crippen MR) is 38.6 cm³/mol. The van der Waals surface area contributed by atoms with Crippen molar-refractivity contribution in [2.24, 2.45) is 0 Å². The fourth-order valence-electron chi connectivity index (χ4n) is 0.184. The van der Waals surface area contributed by atoms with Crippen LogP contribution in [-0.2, 0) is 12.6 Å². The molecule has 0 aromatic heterocycles. The molecule has 0 aromatic rings. The highest BCUT2D eigenvalue weighted by atomic mass is 32.1. The average Bonchev–Trinajstić information content (AvgIpc) is 1.61. The minimum atomic E-state index is 0.861. The van der Waals surface area contributed by atoms with Crippen molar-refractivity contribution in [2.75, 3.05) is 0 Å². The van der Waals surface area contributed by atoms with E-state index in [1.54, 1.807) is 6.08 Å². The molecule has 0 aromatic carbocycles. The molecule has 0 fully saturated rings. The van der Waals surface area contributed by atoms with Crippen LogP contribution in [-0.4, -0.2) is 0 Å². The second kappa shape index (κ2) is 3.75. The molecule has 0 N–H and O–H groups in total. The van der Waals surface area contributed by atoms with Gasteiger partial charge in [-0.3, -0.25) is 0 Å². The molecular formula is C6H9S+. The van der Waals surface area contributed by atoms with Gasteiger partial charge in [0, 0.05) is 0 Å². The van der Waals surface area contributed by atoms with E-state index in [4.69, 9.17) is 0 Å². The van der Waals surface area contributed by atoms with Crippen LogP contribution < -0.4 is 0 Å². The van der Waals surface area contributed by atoms with E-state index < -0.39 is 0 Å². The molecule has 0 aliphatic carbocycles. The molecule has 0 bridgehead atoms. The van der Waals surface area contributed by atoms with Crippen molar-refractivity contribution in [3.63, 3.8) is 0 Å². The SMILES string of the molecule is C=C/C=C\C(=C)[SH2+]. The van der Waals surface area contributed by atoms with Crippen molar-refractivity contribution >= 4 is 12.6 Å². The molecule has 0 unspecified atom stereocenters. The number of allylic oxidation sites excluding steroid dienone is 3. The Balaban J connectivity index is 3.46. The Morgan fingerprint density at radius 1 is 1.57 bits per heavy atom. The zero-order valence-corrected chi connectivity index (χ0v) is 5.15. The highest BCUT2D eigenvalue weighted by molar-refractivity contribution is 7.63. The lowest BCUT2D eigenvalue weighted by atomic mass is 10.5. The van der Waals surface area contributed by atoms with Gasteiger partial charge in [0.15, 0.2) is 0 Å². The van der Waals surface area contributed by atoms with E-state index in [9.17, 15) is 0 Å². The molecule has 0 heterocycles. The highest BCUT2D eigenvalue weighted by Gasteiger charge is 1.75. The third-order valence-electron chi connectivity index (χ3n) is 0.433. The highest BCUT2D eigenvalue weighted by Crippen LogP contribution is 1.85. The number of hydrogen-bond donors (Lipinski definition) is 0. The van der Waals surface area contributed by atoms with Gasteiger partial charge in [-0.25, -0.2) is 0 Å². The van der Waals surface area contributed by atoms with Crippen LogP contribution in [0.4, 0.5) is 0 Å². The summed E-state index contributed by atoms with van der Waals surface area (Å²) in [5.41, 5.74) is 0. The maximum absolute atomic E-state index is 3.57. The molecule has 0 aliphatic rings. The Bertz CT molecular complexity index is 101. The van der Waals surface area contributed by atoms with Crippen LogP contribution in [0.15, 0.2) is 36.3 Å². The summed E-state index contributed by atoms with van der Waals surface area (Å²) in [5.74, 6) is 0. The maximum Gasteiger partial charge on any atom is 0.143 e. The van der Waals surface area contributed by atoms with Gasteiger partial charge in [-0.2, -0.15) is 0 Å². The average molecular weight is 113 g/mol. The monoisotopic (exact) mass is 113 g/mol. The van der Waals surface area contributed by atoms with Crippen molar-refractivity contribution < 1.29 is 0 Å². The second-order valence-electron chi connectivity index (χ2n) is 1.12. The first-order valence-electron chi connectivity index (χ1n) is 1.97. The van der Waals surface area contributed by atoms with Crippen LogP contribution in [0.5, 0.6) is 0 Å². The Labute approximate surface area is 49.7 Å².